The van der Waals surface area contributed by atoms with Crippen LogP contribution < -0.4 is 5.32 Å². The van der Waals surface area contributed by atoms with E-state index in [1.165, 1.54) is 12.1 Å². The number of nitrogens with one attached hydrogen (secondary N) is 1. The van der Waals surface area contributed by atoms with E-state index in [4.69, 9.17) is 9.15 Å². The number of ether oxygens (including phenoxy) is 1. The number of nitrogens with zero attached hydrogens (tertiary/aromatic N) is 2. The molecule has 0 aliphatic carbocycles. The van der Waals surface area contributed by atoms with E-state index in [0.29, 0.717) is 18.1 Å². The Labute approximate surface area is 139 Å². The fraction of sp³-hybridized carbons (Fsp3) is 0.400. The summed E-state index contributed by atoms with van der Waals surface area (Å²) in [5, 5.41) is 10.2. The fourth-order valence-electron chi connectivity index (χ4n) is 2.39. The van der Waals surface area contributed by atoms with E-state index in [9.17, 15) is 13.2 Å². The van der Waals surface area contributed by atoms with Gasteiger partial charge in [0.25, 0.3) is 0 Å². The minimum absolute atomic E-state index is 0.0262. The van der Waals surface area contributed by atoms with E-state index < -0.39 is 9.84 Å². The molecule has 0 radical (unpaired) electrons. The van der Waals surface area contributed by atoms with Gasteiger partial charge in [-0.15, -0.1) is 5.10 Å². The van der Waals surface area contributed by atoms with Crippen LogP contribution >= 0.6 is 0 Å². The molecular formula is C15H17N3O5S. The molecule has 8 nitrogen and oxygen atoms in total. The molecule has 2 aromatic rings. The van der Waals surface area contributed by atoms with E-state index in [1.807, 2.05) is 0 Å². The van der Waals surface area contributed by atoms with Gasteiger partial charge in [0, 0.05) is 12.9 Å². The molecule has 1 aliphatic heterocycles. The van der Waals surface area contributed by atoms with Crippen molar-refractivity contribution in [3.63, 3.8) is 0 Å². The summed E-state index contributed by atoms with van der Waals surface area (Å²) < 4.78 is 33.6. The summed E-state index contributed by atoms with van der Waals surface area (Å²) in [6, 6.07) is 6.17. The van der Waals surface area contributed by atoms with E-state index in [2.05, 4.69) is 15.5 Å². The lowest BCUT2D eigenvalue weighted by atomic mass is 10.1. The Bertz CT molecular complexity index is 823. The topological polar surface area (TPSA) is 111 Å². The lowest BCUT2D eigenvalue weighted by Crippen LogP contribution is -2.14. The normalized spacial score (nSPS) is 17.8. The van der Waals surface area contributed by atoms with Gasteiger partial charge < -0.3 is 9.15 Å². The summed E-state index contributed by atoms with van der Waals surface area (Å²) >= 11 is 0. The van der Waals surface area contributed by atoms with Crippen LogP contribution in [-0.2, 0) is 25.8 Å². The number of aromatic nitrogens is 2. The number of amides is 1. The van der Waals surface area contributed by atoms with Crippen molar-refractivity contribution >= 4 is 21.8 Å². The van der Waals surface area contributed by atoms with Gasteiger partial charge in [-0.25, -0.2) is 8.42 Å². The molecule has 3 rings (SSSR count). The van der Waals surface area contributed by atoms with E-state index in [-0.39, 0.29) is 29.3 Å². The highest BCUT2D eigenvalue weighted by Gasteiger charge is 2.24. The van der Waals surface area contributed by atoms with Gasteiger partial charge in [-0.3, -0.25) is 10.1 Å². The molecule has 0 saturated carbocycles. The quantitative estimate of drug-likeness (QED) is 0.869. The molecule has 24 heavy (non-hydrogen) atoms. The lowest BCUT2D eigenvalue weighted by molar-refractivity contribution is -0.115. The number of benzene rings is 1. The van der Waals surface area contributed by atoms with E-state index >= 15 is 0 Å². The first-order chi connectivity index (χ1) is 11.4. The highest BCUT2D eigenvalue weighted by atomic mass is 32.2. The number of hydrogen-bond acceptors (Lipinski definition) is 7. The van der Waals surface area contributed by atoms with Gasteiger partial charge in [-0.2, -0.15) is 0 Å². The van der Waals surface area contributed by atoms with Crippen LogP contribution in [0.1, 0.15) is 30.4 Å². The van der Waals surface area contributed by atoms with Crippen molar-refractivity contribution in [3.05, 3.63) is 35.7 Å². The first kappa shape index (κ1) is 16.6. The summed E-state index contributed by atoms with van der Waals surface area (Å²) in [7, 11) is -3.25. The molecule has 0 spiro atoms. The van der Waals surface area contributed by atoms with Crippen LogP contribution in [0.25, 0.3) is 0 Å². The standard InChI is InChI=1S/C15H17N3O5S/c1-24(20,21)11-6-4-10(5-7-11)9-13(19)16-15-18-17-14(23-15)12-3-2-8-22-12/h4-7,12H,2-3,8-9H2,1H3,(H,16,18,19). The summed E-state index contributed by atoms with van der Waals surface area (Å²) in [5.74, 6) is 0.0324. The summed E-state index contributed by atoms with van der Waals surface area (Å²) in [4.78, 5) is 12.2. The van der Waals surface area contributed by atoms with Crippen molar-refractivity contribution in [1.29, 1.82) is 0 Å². The number of rotatable bonds is 5. The first-order valence-corrected chi connectivity index (χ1v) is 9.35. The molecule has 1 aromatic carbocycles. The second-order valence-corrected chi connectivity index (χ2v) is 7.60. The maximum Gasteiger partial charge on any atom is 0.322 e. The van der Waals surface area contributed by atoms with Crippen molar-refractivity contribution in [2.45, 2.75) is 30.3 Å². The fourth-order valence-corrected chi connectivity index (χ4v) is 3.02. The number of sulfone groups is 1. The molecule has 1 saturated heterocycles. The van der Waals surface area contributed by atoms with Crippen LogP contribution in [-0.4, -0.2) is 37.4 Å². The molecule has 1 amide bonds. The monoisotopic (exact) mass is 351 g/mol. The highest BCUT2D eigenvalue weighted by Crippen LogP contribution is 2.28. The molecule has 128 valence electrons. The predicted octanol–water partition coefficient (Wildman–Crippen LogP) is 1.51. The van der Waals surface area contributed by atoms with Gasteiger partial charge in [0.15, 0.2) is 9.84 Å². The summed E-state index contributed by atoms with van der Waals surface area (Å²) in [6.07, 6.45) is 2.77. The minimum Gasteiger partial charge on any atom is -0.405 e. The van der Waals surface area contributed by atoms with Crippen LogP contribution in [0.5, 0.6) is 0 Å². The summed E-state index contributed by atoms with van der Waals surface area (Å²) in [5.41, 5.74) is 0.679. The SMILES string of the molecule is CS(=O)(=O)c1ccc(CC(=O)Nc2nnc(C3CCCO3)o2)cc1. The van der Waals surface area contributed by atoms with Crippen LogP contribution in [0.15, 0.2) is 33.6 Å². The first-order valence-electron chi connectivity index (χ1n) is 7.46. The number of anilines is 1. The van der Waals surface area contributed by atoms with Gasteiger partial charge in [-0.05, 0) is 30.5 Å². The maximum absolute atomic E-state index is 12.0. The third-order valence-electron chi connectivity index (χ3n) is 3.61. The van der Waals surface area contributed by atoms with Crippen LogP contribution in [0.2, 0.25) is 0 Å². The Morgan fingerprint density at radius 1 is 1.29 bits per heavy atom. The summed E-state index contributed by atoms with van der Waals surface area (Å²) in [6.45, 7) is 0.665. The van der Waals surface area contributed by atoms with Gasteiger partial charge in [0.1, 0.15) is 6.10 Å². The average Bonchev–Trinajstić information content (AvgIpc) is 3.17. The minimum atomic E-state index is -3.25. The Hall–Kier alpha value is -2.26. The second-order valence-electron chi connectivity index (χ2n) is 5.59. The van der Waals surface area contributed by atoms with Crippen molar-refractivity contribution in [1.82, 2.24) is 10.2 Å². The van der Waals surface area contributed by atoms with Crippen LogP contribution in [0.3, 0.4) is 0 Å². The number of carbonyl (C=O) groups excluding carboxylic acids is 1. The highest BCUT2D eigenvalue weighted by molar-refractivity contribution is 7.90. The molecule has 0 bridgehead atoms. The Balaban J connectivity index is 1.59. The zero-order valence-corrected chi connectivity index (χ0v) is 13.9. The molecule has 1 atom stereocenters. The van der Waals surface area contributed by atoms with Crippen LogP contribution in [0, 0.1) is 0 Å². The van der Waals surface area contributed by atoms with E-state index in [1.54, 1.807) is 12.1 Å². The molecule has 1 unspecified atom stereocenters. The van der Waals surface area contributed by atoms with Crippen molar-refractivity contribution in [3.8, 4) is 0 Å². The zero-order chi connectivity index (χ0) is 17.2. The molecule has 1 aromatic heterocycles. The van der Waals surface area contributed by atoms with Crippen molar-refractivity contribution in [2.24, 2.45) is 0 Å². The maximum atomic E-state index is 12.0. The Kier molecular flexibility index (Phi) is 4.63. The molecule has 2 heterocycles. The molecule has 1 fully saturated rings. The van der Waals surface area contributed by atoms with Gasteiger partial charge >= 0.3 is 6.01 Å². The third kappa shape index (κ3) is 3.98. The van der Waals surface area contributed by atoms with Crippen molar-refractivity contribution < 1.29 is 22.4 Å². The molecule has 1 aliphatic rings. The Morgan fingerprint density at radius 2 is 2.04 bits per heavy atom. The predicted molar refractivity (Wildman–Crippen MR) is 84.1 cm³/mol. The Morgan fingerprint density at radius 3 is 2.67 bits per heavy atom. The smallest absolute Gasteiger partial charge is 0.322 e. The largest absolute Gasteiger partial charge is 0.405 e. The number of carbonyl (C=O) groups is 1. The molecule has 1 N–H and O–H groups in total. The van der Waals surface area contributed by atoms with Crippen LogP contribution in [0.4, 0.5) is 6.01 Å². The van der Waals surface area contributed by atoms with Gasteiger partial charge in [0.05, 0.1) is 11.3 Å². The van der Waals surface area contributed by atoms with Gasteiger partial charge in [-0.1, -0.05) is 17.2 Å². The zero-order valence-electron chi connectivity index (χ0n) is 13.1. The number of hydrogen-bond donors (Lipinski definition) is 1. The average molecular weight is 351 g/mol. The second kappa shape index (κ2) is 6.70. The van der Waals surface area contributed by atoms with E-state index in [0.717, 1.165) is 19.1 Å². The lowest BCUT2D eigenvalue weighted by Gasteiger charge is -2.03. The van der Waals surface area contributed by atoms with Crippen molar-refractivity contribution in [2.75, 3.05) is 18.2 Å². The molecular weight excluding hydrogens is 334 g/mol. The molecule has 9 heteroatoms. The van der Waals surface area contributed by atoms with Gasteiger partial charge in [0.2, 0.25) is 11.8 Å². The third-order valence-corrected chi connectivity index (χ3v) is 4.74.